The molecule has 0 radical (unpaired) electrons. The number of sulfonamides is 1. The maximum absolute atomic E-state index is 12.3. The fourth-order valence-electron chi connectivity index (χ4n) is 1.66. The first-order valence-corrected chi connectivity index (χ1v) is 7.76. The molecule has 0 saturated heterocycles. The second-order valence-corrected chi connectivity index (χ2v) is 6.26. The van der Waals surface area contributed by atoms with Gasteiger partial charge >= 0.3 is 5.97 Å². The van der Waals surface area contributed by atoms with Gasteiger partial charge < -0.3 is 14.9 Å². The molecule has 0 bridgehead atoms. The molecule has 21 heavy (non-hydrogen) atoms. The molecule has 0 aromatic heterocycles. The van der Waals surface area contributed by atoms with Crippen LogP contribution in [0.2, 0.25) is 0 Å². The molecule has 8 heteroatoms. The van der Waals surface area contributed by atoms with Crippen LogP contribution in [0, 0.1) is 0 Å². The monoisotopic (exact) mass is 317 g/mol. The van der Waals surface area contributed by atoms with Gasteiger partial charge in [0, 0.05) is 0 Å². The van der Waals surface area contributed by atoms with Gasteiger partial charge in [-0.3, -0.25) is 0 Å². The van der Waals surface area contributed by atoms with Crippen molar-refractivity contribution < 1.29 is 28.2 Å². The second-order valence-electron chi connectivity index (χ2n) is 4.58. The lowest BCUT2D eigenvalue weighted by Gasteiger charge is -2.29. The van der Waals surface area contributed by atoms with Gasteiger partial charge in [-0.2, -0.15) is 0 Å². The highest BCUT2D eigenvalue weighted by Gasteiger charge is 2.32. The number of hydrogen-bond donors (Lipinski definition) is 3. The molecule has 0 aliphatic carbocycles. The predicted molar refractivity (Wildman–Crippen MR) is 75.3 cm³/mol. The number of methoxy groups -OCH3 is 1. The van der Waals surface area contributed by atoms with E-state index in [9.17, 15) is 23.4 Å². The minimum Gasteiger partial charge on any atom is -0.465 e. The zero-order valence-corrected chi connectivity index (χ0v) is 12.7. The number of carbonyl (C=O) groups excluding carboxylic acids is 1. The summed E-state index contributed by atoms with van der Waals surface area (Å²) in [5, 5.41) is 18.6. The molecule has 0 atom stereocenters. The molecular formula is C13H19NO6S. The van der Waals surface area contributed by atoms with E-state index in [2.05, 4.69) is 9.46 Å². The Kier molecular flexibility index (Phi) is 5.85. The first-order chi connectivity index (χ1) is 9.84. The van der Waals surface area contributed by atoms with Crippen molar-refractivity contribution in [2.24, 2.45) is 0 Å². The van der Waals surface area contributed by atoms with Crippen LogP contribution < -0.4 is 4.72 Å². The van der Waals surface area contributed by atoms with E-state index in [1.165, 1.54) is 31.4 Å². The van der Waals surface area contributed by atoms with Crippen molar-refractivity contribution >= 4 is 16.0 Å². The molecule has 0 amide bonds. The van der Waals surface area contributed by atoms with Crippen molar-refractivity contribution in [3.05, 3.63) is 29.8 Å². The summed E-state index contributed by atoms with van der Waals surface area (Å²) in [6, 6.07) is 5.32. The van der Waals surface area contributed by atoms with Gasteiger partial charge in [-0.15, -0.1) is 0 Å². The van der Waals surface area contributed by atoms with Gasteiger partial charge in [0.1, 0.15) is 0 Å². The van der Waals surface area contributed by atoms with E-state index >= 15 is 0 Å². The molecular weight excluding hydrogens is 298 g/mol. The Hall–Kier alpha value is -1.48. The third kappa shape index (κ3) is 4.01. The number of esters is 1. The highest BCUT2D eigenvalue weighted by atomic mass is 32.2. The fourth-order valence-corrected chi connectivity index (χ4v) is 3.16. The third-order valence-corrected chi connectivity index (χ3v) is 4.77. The highest BCUT2D eigenvalue weighted by molar-refractivity contribution is 7.89. The number of rotatable bonds is 7. The SMILES string of the molecule is CCC(CO)(CO)NS(=O)(=O)c1cccc(C(=O)OC)c1. The summed E-state index contributed by atoms with van der Waals surface area (Å²) in [5.41, 5.74) is -1.25. The molecule has 3 N–H and O–H groups in total. The van der Waals surface area contributed by atoms with E-state index in [-0.39, 0.29) is 16.9 Å². The summed E-state index contributed by atoms with van der Waals surface area (Å²) in [7, 11) is -2.80. The summed E-state index contributed by atoms with van der Waals surface area (Å²) >= 11 is 0. The van der Waals surface area contributed by atoms with Crippen molar-refractivity contribution in [2.45, 2.75) is 23.8 Å². The third-order valence-electron chi connectivity index (χ3n) is 3.20. The largest absolute Gasteiger partial charge is 0.465 e. The Morgan fingerprint density at radius 3 is 2.43 bits per heavy atom. The quantitative estimate of drug-likeness (QED) is 0.605. The molecule has 0 fully saturated rings. The van der Waals surface area contributed by atoms with Crippen molar-refractivity contribution in [2.75, 3.05) is 20.3 Å². The van der Waals surface area contributed by atoms with Crippen molar-refractivity contribution in [3.8, 4) is 0 Å². The van der Waals surface area contributed by atoms with E-state index < -0.39 is 34.7 Å². The smallest absolute Gasteiger partial charge is 0.337 e. The molecule has 0 heterocycles. The number of aliphatic hydroxyl groups excluding tert-OH is 2. The van der Waals surface area contributed by atoms with Crippen LogP contribution in [0.4, 0.5) is 0 Å². The molecule has 0 aliphatic heterocycles. The molecule has 0 spiro atoms. The van der Waals surface area contributed by atoms with E-state index in [1.807, 2.05) is 0 Å². The molecule has 0 saturated carbocycles. The lowest BCUT2D eigenvalue weighted by atomic mass is 10.0. The van der Waals surface area contributed by atoms with E-state index in [0.29, 0.717) is 0 Å². The molecule has 7 nitrogen and oxygen atoms in total. The molecule has 1 rings (SSSR count). The van der Waals surface area contributed by atoms with Crippen LogP contribution in [-0.4, -0.2) is 50.5 Å². The lowest BCUT2D eigenvalue weighted by Crippen LogP contribution is -2.53. The normalized spacial score (nSPS) is 12.2. The van der Waals surface area contributed by atoms with Crippen LogP contribution >= 0.6 is 0 Å². The number of nitrogens with one attached hydrogen (secondary N) is 1. The van der Waals surface area contributed by atoms with Gasteiger partial charge in [-0.05, 0) is 24.6 Å². The lowest BCUT2D eigenvalue weighted by molar-refractivity contribution is 0.0600. The fraction of sp³-hybridized carbons (Fsp3) is 0.462. The van der Waals surface area contributed by atoms with E-state index in [4.69, 9.17) is 0 Å². The standard InChI is InChI=1S/C13H19NO6S/c1-3-13(8-15,9-16)14-21(18,19)11-6-4-5-10(7-11)12(17)20-2/h4-7,14-16H,3,8-9H2,1-2H3. The Morgan fingerprint density at radius 1 is 1.33 bits per heavy atom. The number of benzene rings is 1. The van der Waals surface area contributed by atoms with Crippen molar-refractivity contribution in [3.63, 3.8) is 0 Å². The van der Waals surface area contributed by atoms with Gasteiger partial charge in [0.25, 0.3) is 0 Å². The van der Waals surface area contributed by atoms with Crippen molar-refractivity contribution in [1.29, 1.82) is 0 Å². The molecule has 1 aromatic rings. The van der Waals surface area contributed by atoms with Crippen LogP contribution in [-0.2, 0) is 14.8 Å². The second kappa shape index (κ2) is 6.99. The number of carbonyl (C=O) groups is 1. The van der Waals surface area contributed by atoms with Crippen LogP contribution in [0.1, 0.15) is 23.7 Å². The summed E-state index contributed by atoms with van der Waals surface area (Å²) in [6.07, 6.45) is 0.204. The van der Waals surface area contributed by atoms with Crippen LogP contribution in [0.25, 0.3) is 0 Å². The molecule has 0 aliphatic rings. The van der Waals surface area contributed by atoms with E-state index in [1.54, 1.807) is 6.92 Å². The van der Waals surface area contributed by atoms with Gasteiger partial charge in [0.2, 0.25) is 10.0 Å². The zero-order valence-electron chi connectivity index (χ0n) is 11.9. The Labute approximate surface area is 123 Å². The predicted octanol–water partition coefficient (Wildman–Crippen LogP) is -0.115. The number of aliphatic hydroxyl groups is 2. The first kappa shape index (κ1) is 17.6. The average Bonchev–Trinajstić information content (AvgIpc) is 2.52. The van der Waals surface area contributed by atoms with Crippen molar-refractivity contribution in [1.82, 2.24) is 4.72 Å². The summed E-state index contributed by atoms with van der Waals surface area (Å²) in [4.78, 5) is 11.3. The summed E-state index contributed by atoms with van der Waals surface area (Å²) in [6.45, 7) is 0.547. The molecule has 1 aromatic carbocycles. The number of ether oxygens (including phenoxy) is 1. The van der Waals surface area contributed by atoms with Crippen LogP contribution in [0.15, 0.2) is 29.2 Å². The van der Waals surface area contributed by atoms with Gasteiger partial charge in [0.15, 0.2) is 0 Å². The topological polar surface area (TPSA) is 113 Å². The average molecular weight is 317 g/mol. The van der Waals surface area contributed by atoms with Gasteiger partial charge in [-0.1, -0.05) is 13.0 Å². The van der Waals surface area contributed by atoms with Gasteiger partial charge in [0.05, 0.1) is 36.3 Å². The summed E-state index contributed by atoms with van der Waals surface area (Å²) < 4.78 is 31.4. The maximum Gasteiger partial charge on any atom is 0.337 e. The summed E-state index contributed by atoms with van der Waals surface area (Å²) in [5.74, 6) is -0.655. The molecule has 118 valence electrons. The van der Waals surface area contributed by atoms with Crippen LogP contribution in [0.5, 0.6) is 0 Å². The zero-order chi connectivity index (χ0) is 16.1. The minimum atomic E-state index is -4.00. The Balaban J connectivity index is 3.16. The van der Waals surface area contributed by atoms with E-state index in [0.717, 1.165) is 0 Å². The highest BCUT2D eigenvalue weighted by Crippen LogP contribution is 2.17. The number of hydrogen-bond acceptors (Lipinski definition) is 6. The maximum atomic E-state index is 12.3. The Morgan fingerprint density at radius 2 is 1.95 bits per heavy atom. The van der Waals surface area contributed by atoms with Gasteiger partial charge in [-0.25, -0.2) is 17.9 Å². The minimum absolute atomic E-state index is 0.0930. The van der Waals surface area contributed by atoms with Crippen LogP contribution in [0.3, 0.4) is 0 Å². The first-order valence-electron chi connectivity index (χ1n) is 6.28. The Bertz CT molecular complexity index is 586. The molecule has 0 unspecified atom stereocenters.